The van der Waals surface area contributed by atoms with Gasteiger partial charge in [-0.1, -0.05) is 6.92 Å². The smallest absolute Gasteiger partial charge is 0.258 e. The largest absolute Gasteiger partial charge is 0.444 e. The first kappa shape index (κ1) is 15.7. The Labute approximate surface area is 123 Å². The molecule has 3 N–H and O–H groups in total. The highest BCUT2D eigenvalue weighted by atomic mass is 32.2. The fourth-order valence-electron chi connectivity index (χ4n) is 1.76. The quantitative estimate of drug-likeness (QED) is 0.690. The van der Waals surface area contributed by atoms with Gasteiger partial charge < -0.3 is 9.73 Å². The molecule has 0 bridgehead atoms. The van der Waals surface area contributed by atoms with Gasteiger partial charge in [-0.05, 0) is 20.4 Å². The lowest BCUT2D eigenvalue weighted by molar-refractivity contribution is 0.462. The Balaban J connectivity index is 2.09. The summed E-state index contributed by atoms with van der Waals surface area (Å²) < 4.78 is 32.3. The van der Waals surface area contributed by atoms with Gasteiger partial charge >= 0.3 is 0 Å². The summed E-state index contributed by atoms with van der Waals surface area (Å²) >= 11 is 0. The van der Waals surface area contributed by atoms with Gasteiger partial charge in [-0.3, -0.25) is 5.10 Å². The lowest BCUT2D eigenvalue weighted by atomic mass is 10.3. The van der Waals surface area contributed by atoms with Crippen LogP contribution in [0.4, 0.5) is 0 Å². The van der Waals surface area contributed by atoms with Crippen molar-refractivity contribution < 1.29 is 12.8 Å². The molecular formula is C12H19N5O3S. The molecule has 2 rings (SSSR count). The normalized spacial score (nSPS) is 12.0. The second-order valence-corrected chi connectivity index (χ2v) is 6.28. The molecule has 21 heavy (non-hydrogen) atoms. The van der Waals surface area contributed by atoms with E-state index in [9.17, 15) is 8.42 Å². The molecule has 0 aliphatic heterocycles. The summed E-state index contributed by atoms with van der Waals surface area (Å²) in [6.07, 6.45) is 1.50. The summed E-state index contributed by atoms with van der Waals surface area (Å²) in [6.45, 7) is 6.70. The van der Waals surface area contributed by atoms with E-state index in [2.05, 4.69) is 25.2 Å². The van der Waals surface area contributed by atoms with Gasteiger partial charge in [0.1, 0.15) is 5.76 Å². The highest BCUT2D eigenvalue weighted by molar-refractivity contribution is 7.89. The van der Waals surface area contributed by atoms with Crippen LogP contribution in [0.5, 0.6) is 0 Å². The minimum absolute atomic E-state index is 0.00329. The van der Waals surface area contributed by atoms with Gasteiger partial charge in [0.05, 0.1) is 18.4 Å². The Morgan fingerprint density at radius 2 is 2.10 bits per heavy atom. The standard InChI is InChI=1S/C12H19N5O3S/c1-4-13-5-10-6-14-17-12(10)21(18,19)15-7-11-16-8(2)9(3)20-11/h6,13,15H,4-5,7H2,1-3H3,(H,14,17). The predicted octanol–water partition coefficient (Wildman–Crippen LogP) is 0.603. The van der Waals surface area contributed by atoms with E-state index in [0.717, 1.165) is 12.2 Å². The molecule has 0 unspecified atom stereocenters. The van der Waals surface area contributed by atoms with E-state index in [0.29, 0.717) is 23.8 Å². The van der Waals surface area contributed by atoms with E-state index in [4.69, 9.17) is 4.42 Å². The average Bonchev–Trinajstić information content (AvgIpc) is 3.02. The molecule has 0 spiro atoms. The van der Waals surface area contributed by atoms with Crippen molar-refractivity contribution in [3.63, 3.8) is 0 Å². The van der Waals surface area contributed by atoms with Crippen LogP contribution in [0.3, 0.4) is 0 Å². The minimum atomic E-state index is -3.69. The number of hydrogen-bond acceptors (Lipinski definition) is 6. The molecule has 0 aromatic carbocycles. The molecule has 0 fully saturated rings. The van der Waals surface area contributed by atoms with Crippen LogP contribution in [0.15, 0.2) is 15.6 Å². The monoisotopic (exact) mass is 313 g/mol. The summed E-state index contributed by atoms with van der Waals surface area (Å²) in [5.41, 5.74) is 1.34. The van der Waals surface area contributed by atoms with Crippen LogP contribution < -0.4 is 10.0 Å². The van der Waals surface area contributed by atoms with Crippen LogP contribution in [-0.2, 0) is 23.1 Å². The van der Waals surface area contributed by atoms with Crippen molar-refractivity contribution in [3.8, 4) is 0 Å². The van der Waals surface area contributed by atoms with Crippen molar-refractivity contribution in [3.05, 3.63) is 29.1 Å². The van der Waals surface area contributed by atoms with Crippen LogP contribution in [-0.4, -0.2) is 30.1 Å². The Morgan fingerprint density at radius 1 is 1.33 bits per heavy atom. The van der Waals surface area contributed by atoms with Crippen LogP contribution in [0, 0.1) is 13.8 Å². The Hall–Kier alpha value is -1.71. The fourth-order valence-corrected chi connectivity index (χ4v) is 2.86. The van der Waals surface area contributed by atoms with E-state index >= 15 is 0 Å². The number of sulfonamides is 1. The van der Waals surface area contributed by atoms with Crippen LogP contribution >= 0.6 is 0 Å². The molecule has 8 nitrogen and oxygen atoms in total. The maximum atomic E-state index is 12.3. The molecule has 0 saturated heterocycles. The summed E-state index contributed by atoms with van der Waals surface area (Å²) in [4.78, 5) is 4.13. The van der Waals surface area contributed by atoms with E-state index in [1.807, 2.05) is 6.92 Å². The lowest BCUT2D eigenvalue weighted by Crippen LogP contribution is -2.25. The third-order valence-corrected chi connectivity index (χ3v) is 4.41. The van der Waals surface area contributed by atoms with Crippen LogP contribution in [0.1, 0.15) is 29.8 Å². The summed E-state index contributed by atoms with van der Waals surface area (Å²) in [7, 11) is -3.69. The zero-order chi connectivity index (χ0) is 15.5. The molecule has 2 aromatic rings. The summed E-state index contributed by atoms with van der Waals surface area (Å²) in [5.74, 6) is 1.01. The zero-order valence-electron chi connectivity index (χ0n) is 12.2. The van der Waals surface area contributed by atoms with Crippen LogP contribution in [0.2, 0.25) is 0 Å². The van der Waals surface area contributed by atoms with E-state index in [-0.39, 0.29) is 11.6 Å². The first-order valence-corrected chi connectivity index (χ1v) is 8.08. The summed E-state index contributed by atoms with van der Waals surface area (Å²) in [6, 6.07) is 0. The Morgan fingerprint density at radius 3 is 2.71 bits per heavy atom. The SMILES string of the molecule is CCNCc1cn[nH]c1S(=O)(=O)NCc1nc(C)c(C)o1. The van der Waals surface area contributed by atoms with Crippen LogP contribution in [0.25, 0.3) is 0 Å². The number of nitrogens with one attached hydrogen (secondary N) is 3. The number of rotatable bonds is 7. The number of H-pyrrole nitrogens is 1. The Kier molecular flexibility index (Phi) is 4.76. The van der Waals surface area contributed by atoms with Crippen molar-refractivity contribution in [2.45, 2.75) is 38.9 Å². The van der Waals surface area contributed by atoms with Crippen molar-refractivity contribution >= 4 is 10.0 Å². The first-order chi connectivity index (χ1) is 9.94. The molecule has 116 valence electrons. The second-order valence-electron chi connectivity index (χ2n) is 4.58. The maximum Gasteiger partial charge on any atom is 0.258 e. The average molecular weight is 313 g/mol. The third kappa shape index (κ3) is 3.69. The van der Waals surface area contributed by atoms with Crippen molar-refractivity contribution in [2.75, 3.05) is 6.54 Å². The van der Waals surface area contributed by atoms with Gasteiger partial charge in [0.15, 0.2) is 5.03 Å². The molecule has 9 heteroatoms. The lowest BCUT2D eigenvalue weighted by Gasteiger charge is -2.06. The number of aryl methyl sites for hydroxylation is 2. The topological polar surface area (TPSA) is 113 Å². The number of nitrogens with zero attached hydrogens (tertiary/aromatic N) is 2. The van der Waals surface area contributed by atoms with E-state index in [1.54, 1.807) is 13.8 Å². The van der Waals surface area contributed by atoms with Crippen molar-refractivity contribution in [1.82, 2.24) is 25.2 Å². The van der Waals surface area contributed by atoms with Gasteiger partial charge in [0.2, 0.25) is 5.89 Å². The molecule has 0 aliphatic rings. The Bertz CT molecular complexity index is 685. The minimum Gasteiger partial charge on any atom is -0.444 e. The predicted molar refractivity (Wildman–Crippen MR) is 76.0 cm³/mol. The molecule has 0 radical (unpaired) electrons. The zero-order valence-corrected chi connectivity index (χ0v) is 13.0. The molecule has 2 heterocycles. The third-order valence-electron chi connectivity index (χ3n) is 3.00. The molecule has 0 atom stereocenters. The molecule has 2 aromatic heterocycles. The molecule has 0 saturated carbocycles. The second kappa shape index (κ2) is 6.37. The van der Waals surface area contributed by atoms with Crippen molar-refractivity contribution in [2.24, 2.45) is 0 Å². The highest BCUT2D eigenvalue weighted by Crippen LogP contribution is 2.13. The van der Waals surface area contributed by atoms with Gasteiger partial charge in [-0.2, -0.15) is 5.10 Å². The van der Waals surface area contributed by atoms with E-state index in [1.165, 1.54) is 6.20 Å². The number of hydrogen-bond donors (Lipinski definition) is 3. The summed E-state index contributed by atoms with van der Waals surface area (Å²) in [5, 5.41) is 9.43. The van der Waals surface area contributed by atoms with E-state index < -0.39 is 10.0 Å². The van der Waals surface area contributed by atoms with Gasteiger partial charge in [0.25, 0.3) is 10.0 Å². The molecule has 0 amide bonds. The maximum absolute atomic E-state index is 12.3. The number of aromatic amines is 1. The van der Waals surface area contributed by atoms with Gasteiger partial charge in [0, 0.05) is 12.1 Å². The van der Waals surface area contributed by atoms with Gasteiger partial charge in [-0.25, -0.2) is 18.1 Å². The molecule has 0 aliphatic carbocycles. The van der Waals surface area contributed by atoms with Crippen molar-refractivity contribution in [1.29, 1.82) is 0 Å². The highest BCUT2D eigenvalue weighted by Gasteiger charge is 2.21. The number of aromatic nitrogens is 3. The fraction of sp³-hybridized carbons (Fsp3) is 0.500. The first-order valence-electron chi connectivity index (χ1n) is 6.59. The molecular weight excluding hydrogens is 294 g/mol. The number of oxazole rings is 1. The van der Waals surface area contributed by atoms with Gasteiger partial charge in [-0.15, -0.1) is 0 Å².